The Balaban J connectivity index is 1.40. The lowest BCUT2D eigenvalue weighted by Gasteiger charge is -2.46. The zero-order valence-corrected chi connectivity index (χ0v) is 20.5. The van der Waals surface area contributed by atoms with Crippen LogP contribution in [0, 0.1) is 6.92 Å². The van der Waals surface area contributed by atoms with Crippen LogP contribution in [-0.4, -0.2) is 32.9 Å². The van der Waals surface area contributed by atoms with E-state index in [2.05, 4.69) is 42.5 Å². The predicted octanol–water partition coefficient (Wildman–Crippen LogP) is 5.29. The van der Waals surface area contributed by atoms with Crippen LogP contribution in [0.5, 0.6) is 5.75 Å². The van der Waals surface area contributed by atoms with Crippen LogP contribution in [0.2, 0.25) is 0 Å². The van der Waals surface area contributed by atoms with Crippen molar-refractivity contribution >= 4 is 15.6 Å². The van der Waals surface area contributed by atoms with Gasteiger partial charge < -0.3 is 4.74 Å². The van der Waals surface area contributed by atoms with Crippen LogP contribution < -0.4 is 4.74 Å². The van der Waals surface area contributed by atoms with Crippen molar-refractivity contribution in [3.63, 3.8) is 0 Å². The molecule has 1 spiro atoms. The first-order chi connectivity index (χ1) is 16.4. The lowest BCUT2D eigenvalue weighted by Crippen LogP contribution is -2.47. The van der Waals surface area contributed by atoms with E-state index in [-0.39, 0.29) is 5.41 Å². The van der Waals surface area contributed by atoms with E-state index in [0.29, 0.717) is 18.0 Å². The quantitative estimate of drug-likeness (QED) is 0.521. The highest BCUT2D eigenvalue weighted by atomic mass is 32.2. The molecule has 0 N–H and O–H groups in total. The van der Waals surface area contributed by atoms with Crippen LogP contribution in [0.15, 0.2) is 77.2 Å². The minimum absolute atomic E-state index is 0.157. The smallest absolute Gasteiger partial charge is 0.243 e. The molecule has 0 amide bonds. The van der Waals surface area contributed by atoms with Gasteiger partial charge in [-0.2, -0.15) is 4.31 Å². The van der Waals surface area contributed by atoms with E-state index < -0.39 is 10.0 Å². The summed E-state index contributed by atoms with van der Waals surface area (Å²) in [4.78, 5) is 0.382. The normalized spacial score (nSPS) is 19.0. The van der Waals surface area contributed by atoms with E-state index in [1.54, 1.807) is 23.5 Å². The lowest BCUT2D eigenvalue weighted by molar-refractivity contribution is 0.257. The molecule has 1 heterocycles. The van der Waals surface area contributed by atoms with Gasteiger partial charge in [-0.15, -0.1) is 0 Å². The zero-order chi connectivity index (χ0) is 23.5. The van der Waals surface area contributed by atoms with Gasteiger partial charge in [0.05, 0.1) is 12.0 Å². The van der Waals surface area contributed by atoms with E-state index in [9.17, 15) is 8.42 Å². The molecule has 34 heavy (non-hydrogen) atoms. The number of aryl methyl sites for hydroxylation is 1. The molecular weight excluding hydrogens is 442 g/mol. The zero-order valence-electron chi connectivity index (χ0n) is 19.7. The van der Waals surface area contributed by atoms with Gasteiger partial charge in [-0.25, -0.2) is 8.42 Å². The Kier molecular flexibility index (Phi) is 4.98. The number of hydrogen-bond acceptors (Lipinski definition) is 3. The number of ether oxygens (including phenoxy) is 1. The first-order valence-corrected chi connectivity index (χ1v) is 13.4. The molecule has 0 unspecified atom stereocenters. The third-order valence-corrected chi connectivity index (χ3v) is 10.00. The summed E-state index contributed by atoms with van der Waals surface area (Å²) in [5.41, 5.74) is 9.26. The minimum Gasteiger partial charge on any atom is -0.497 e. The summed E-state index contributed by atoms with van der Waals surface area (Å²) < 4.78 is 34.1. The van der Waals surface area contributed by atoms with Crippen LogP contribution in [0.4, 0.5) is 0 Å². The van der Waals surface area contributed by atoms with E-state index in [1.165, 1.54) is 33.4 Å². The second-order valence-electron chi connectivity index (χ2n) is 9.79. The van der Waals surface area contributed by atoms with Gasteiger partial charge in [-0.1, -0.05) is 53.6 Å². The Bertz CT molecular complexity index is 1410. The van der Waals surface area contributed by atoms with Crippen LogP contribution in [-0.2, 0) is 28.3 Å². The van der Waals surface area contributed by atoms with Crippen molar-refractivity contribution < 1.29 is 13.2 Å². The monoisotopic (exact) mass is 471 g/mol. The number of allylic oxidation sites excluding steroid dienone is 2. The molecule has 1 aliphatic heterocycles. The molecular formula is C29H29NO3S. The molecule has 5 heteroatoms. The summed E-state index contributed by atoms with van der Waals surface area (Å²) in [6.07, 6.45) is 3.45. The molecule has 0 radical (unpaired) electrons. The summed E-state index contributed by atoms with van der Waals surface area (Å²) >= 11 is 0. The number of piperidine rings is 1. The Labute approximate surface area is 201 Å². The molecule has 4 nitrogen and oxygen atoms in total. The number of methoxy groups -OCH3 is 1. The molecule has 3 aromatic carbocycles. The SMILES string of the molecule is COc1ccc2c(c1)C1(CCN(S(=O)(=O)c3ccc(C)cc3)CC1)C1=C(C2)c2ccccc2C1. The van der Waals surface area contributed by atoms with E-state index >= 15 is 0 Å². The van der Waals surface area contributed by atoms with Gasteiger partial charge in [0.2, 0.25) is 10.0 Å². The maximum atomic E-state index is 13.4. The highest BCUT2D eigenvalue weighted by molar-refractivity contribution is 7.89. The Morgan fingerprint density at radius 1 is 0.882 bits per heavy atom. The first kappa shape index (κ1) is 21.6. The van der Waals surface area contributed by atoms with Crippen LogP contribution in [0.25, 0.3) is 5.57 Å². The second kappa shape index (κ2) is 7.82. The summed E-state index contributed by atoms with van der Waals surface area (Å²) in [5, 5.41) is 0. The van der Waals surface area contributed by atoms with E-state index in [1.807, 2.05) is 19.1 Å². The number of nitrogens with zero attached hydrogens (tertiary/aromatic N) is 1. The third kappa shape index (κ3) is 3.18. The number of fused-ring (bicyclic) bond motifs is 5. The molecule has 0 saturated carbocycles. The van der Waals surface area contributed by atoms with Crippen molar-refractivity contribution in [2.45, 2.75) is 42.9 Å². The molecule has 174 valence electrons. The molecule has 0 bridgehead atoms. The topological polar surface area (TPSA) is 46.6 Å². The molecule has 3 aliphatic rings. The van der Waals surface area contributed by atoms with Gasteiger partial charge in [0.15, 0.2) is 0 Å². The fraction of sp³-hybridized carbons (Fsp3) is 0.310. The largest absolute Gasteiger partial charge is 0.497 e. The van der Waals surface area contributed by atoms with E-state index in [0.717, 1.165) is 37.0 Å². The maximum Gasteiger partial charge on any atom is 0.243 e. The maximum absolute atomic E-state index is 13.4. The van der Waals surface area contributed by atoms with E-state index in [4.69, 9.17) is 4.74 Å². The molecule has 0 aromatic heterocycles. The molecule has 3 aromatic rings. The Hall–Kier alpha value is -2.89. The average Bonchev–Trinajstić information content (AvgIpc) is 3.24. The fourth-order valence-electron chi connectivity index (χ4n) is 6.26. The van der Waals surface area contributed by atoms with Crippen molar-refractivity contribution in [1.29, 1.82) is 0 Å². The number of rotatable bonds is 3. The minimum atomic E-state index is -3.51. The number of sulfonamides is 1. The molecule has 0 atom stereocenters. The van der Waals surface area contributed by atoms with Crippen molar-refractivity contribution in [2.75, 3.05) is 20.2 Å². The van der Waals surface area contributed by atoms with Crippen molar-refractivity contribution in [3.8, 4) is 5.75 Å². The molecule has 6 rings (SSSR count). The van der Waals surface area contributed by atoms with Crippen LogP contribution in [0.1, 0.15) is 40.7 Å². The predicted molar refractivity (Wildman–Crippen MR) is 135 cm³/mol. The second-order valence-corrected chi connectivity index (χ2v) is 11.7. The Morgan fingerprint density at radius 3 is 2.35 bits per heavy atom. The lowest BCUT2D eigenvalue weighted by atomic mass is 9.62. The van der Waals surface area contributed by atoms with Crippen molar-refractivity contribution in [2.24, 2.45) is 0 Å². The van der Waals surface area contributed by atoms with Crippen molar-refractivity contribution in [1.82, 2.24) is 4.31 Å². The van der Waals surface area contributed by atoms with Gasteiger partial charge in [-0.05, 0) is 84.7 Å². The average molecular weight is 472 g/mol. The molecule has 1 fully saturated rings. The number of hydrogen-bond donors (Lipinski definition) is 0. The van der Waals surface area contributed by atoms with Gasteiger partial charge in [-0.3, -0.25) is 0 Å². The number of benzene rings is 3. The molecule has 1 saturated heterocycles. The van der Waals surface area contributed by atoms with Crippen LogP contribution in [0.3, 0.4) is 0 Å². The van der Waals surface area contributed by atoms with Gasteiger partial charge in [0.25, 0.3) is 0 Å². The van der Waals surface area contributed by atoms with Crippen LogP contribution >= 0.6 is 0 Å². The highest BCUT2D eigenvalue weighted by Gasteiger charge is 2.48. The summed E-state index contributed by atoms with van der Waals surface area (Å²) in [7, 11) is -1.80. The third-order valence-electron chi connectivity index (χ3n) is 8.09. The first-order valence-electron chi connectivity index (χ1n) is 12.0. The summed E-state index contributed by atoms with van der Waals surface area (Å²) in [5.74, 6) is 0.868. The van der Waals surface area contributed by atoms with Gasteiger partial charge in [0, 0.05) is 18.5 Å². The summed E-state index contributed by atoms with van der Waals surface area (Å²) in [6, 6.07) is 22.4. The van der Waals surface area contributed by atoms with Gasteiger partial charge in [0.1, 0.15) is 5.75 Å². The summed E-state index contributed by atoms with van der Waals surface area (Å²) in [6.45, 7) is 3.00. The van der Waals surface area contributed by atoms with Gasteiger partial charge >= 0.3 is 0 Å². The van der Waals surface area contributed by atoms with Crippen molar-refractivity contribution in [3.05, 3.63) is 100 Å². The fourth-order valence-corrected chi connectivity index (χ4v) is 7.70. The standard InChI is InChI=1S/C29H29NO3S/c1-20-7-11-24(12-8-20)34(31,32)30-15-13-29(14-16-30)27-19-23(33-2)10-9-22(27)17-26-25-6-4-3-5-21(25)18-28(26)29/h3-12,19H,13-18H2,1-2H3. The Morgan fingerprint density at radius 2 is 1.62 bits per heavy atom. The highest BCUT2D eigenvalue weighted by Crippen LogP contribution is 2.55. The molecule has 2 aliphatic carbocycles.